The van der Waals surface area contributed by atoms with Crippen LogP contribution >= 0.6 is 11.3 Å². The first-order valence-electron chi connectivity index (χ1n) is 7.11. The Morgan fingerprint density at radius 1 is 1.56 bits per heavy atom. The number of aromatic nitrogens is 1. The molecule has 0 bridgehead atoms. The van der Waals surface area contributed by atoms with Gasteiger partial charge < -0.3 is 10.2 Å². The lowest BCUT2D eigenvalue weighted by Gasteiger charge is -2.33. The highest BCUT2D eigenvalue weighted by Gasteiger charge is 2.21. The maximum Gasteiger partial charge on any atom is 0.185 e. The van der Waals surface area contributed by atoms with E-state index in [1.165, 1.54) is 30.2 Å². The topological polar surface area (TPSA) is 28.2 Å². The lowest BCUT2D eigenvalue weighted by molar-refractivity contribution is 0.379. The zero-order valence-corrected chi connectivity index (χ0v) is 12.6. The summed E-state index contributed by atoms with van der Waals surface area (Å²) >= 11 is 1.80. The summed E-state index contributed by atoms with van der Waals surface area (Å²) in [5.41, 5.74) is 1.23. The quantitative estimate of drug-likeness (QED) is 0.889. The monoisotopic (exact) mass is 267 g/mol. The van der Waals surface area contributed by atoms with Gasteiger partial charge >= 0.3 is 0 Å². The molecule has 0 radical (unpaired) electrons. The Labute approximate surface area is 115 Å². The van der Waals surface area contributed by atoms with Gasteiger partial charge in [0.05, 0.1) is 5.69 Å². The summed E-state index contributed by atoms with van der Waals surface area (Å²) in [7, 11) is 0. The molecule has 1 aromatic heterocycles. The van der Waals surface area contributed by atoms with E-state index in [0.29, 0.717) is 6.04 Å². The first kappa shape index (κ1) is 13.8. The van der Waals surface area contributed by atoms with Crippen molar-refractivity contribution in [1.82, 2.24) is 10.3 Å². The van der Waals surface area contributed by atoms with Crippen LogP contribution in [0.2, 0.25) is 0 Å². The van der Waals surface area contributed by atoms with Gasteiger partial charge in [-0.05, 0) is 31.7 Å². The normalized spacial score (nSPS) is 20.7. The molecule has 0 amide bonds. The highest BCUT2D eigenvalue weighted by atomic mass is 32.1. The predicted molar refractivity (Wildman–Crippen MR) is 79.6 cm³/mol. The number of rotatable bonds is 5. The van der Waals surface area contributed by atoms with Crippen LogP contribution in [0.3, 0.4) is 0 Å². The average molecular weight is 267 g/mol. The highest BCUT2D eigenvalue weighted by Crippen LogP contribution is 2.26. The van der Waals surface area contributed by atoms with Gasteiger partial charge in [0.1, 0.15) is 0 Å². The van der Waals surface area contributed by atoms with Crippen molar-refractivity contribution in [3.63, 3.8) is 0 Å². The van der Waals surface area contributed by atoms with E-state index in [4.69, 9.17) is 4.98 Å². The maximum absolute atomic E-state index is 4.71. The molecule has 3 nitrogen and oxygen atoms in total. The summed E-state index contributed by atoms with van der Waals surface area (Å²) < 4.78 is 0. The van der Waals surface area contributed by atoms with Crippen molar-refractivity contribution >= 4 is 16.5 Å². The Hall–Kier alpha value is -0.610. The molecule has 0 spiro atoms. The second-order valence-corrected chi connectivity index (χ2v) is 6.33. The molecular formula is C14H25N3S. The number of nitrogens with zero attached hydrogens (tertiary/aromatic N) is 2. The molecule has 1 aromatic rings. The van der Waals surface area contributed by atoms with Crippen LogP contribution < -0.4 is 10.2 Å². The first-order valence-corrected chi connectivity index (χ1v) is 7.99. The van der Waals surface area contributed by atoms with Gasteiger partial charge in [-0.25, -0.2) is 4.98 Å². The van der Waals surface area contributed by atoms with Gasteiger partial charge in [0.15, 0.2) is 5.13 Å². The number of piperidine rings is 1. The van der Waals surface area contributed by atoms with E-state index >= 15 is 0 Å². The molecule has 1 atom stereocenters. The minimum Gasteiger partial charge on any atom is -0.348 e. The minimum absolute atomic E-state index is 0.590. The molecule has 1 N–H and O–H groups in total. The second kappa shape index (κ2) is 6.53. The molecule has 1 saturated heterocycles. The summed E-state index contributed by atoms with van der Waals surface area (Å²) in [6, 6.07) is 0.590. The second-order valence-electron chi connectivity index (χ2n) is 5.49. The van der Waals surface area contributed by atoms with Crippen LogP contribution in [-0.4, -0.2) is 30.7 Å². The molecule has 0 aromatic carbocycles. The highest BCUT2D eigenvalue weighted by molar-refractivity contribution is 7.13. The summed E-state index contributed by atoms with van der Waals surface area (Å²) in [6.07, 6.45) is 3.69. The Bertz CT molecular complexity index is 362. The van der Waals surface area contributed by atoms with E-state index in [2.05, 4.69) is 36.4 Å². The van der Waals surface area contributed by atoms with E-state index in [0.717, 1.165) is 25.4 Å². The predicted octanol–water partition coefficient (Wildman–Crippen LogP) is 2.92. The fraction of sp³-hybridized carbons (Fsp3) is 0.786. The largest absolute Gasteiger partial charge is 0.348 e. The van der Waals surface area contributed by atoms with Crippen molar-refractivity contribution < 1.29 is 0 Å². The number of thiazole rings is 1. The van der Waals surface area contributed by atoms with Gasteiger partial charge in [-0.1, -0.05) is 20.8 Å². The molecule has 0 aliphatic carbocycles. The standard InChI is InChI=1S/C14H25N3S/c1-4-13-10-18-14(16-13)17-7-5-6-12(9-17)8-15-11(2)3/h10-12,15H,4-9H2,1-3H3. The van der Waals surface area contributed by atoms with Crippen molar-refractivity contribution in [2.75, 3.05) is 24.5 Å². The Morgan fingerprint density at radius 2 is 2.39 bits per heavy atom. The van der Waals surface area contributed by atoms with Crippen LogP contribution in [0.1, 0.15) is 39.3 Å². The van der Waals surface area contributed by atoms with Crippen molar-refractivity contribution in [1.29, 1.82) is 0 Å². The molecule has 2 heterocycles. The van der Waals surface area contributed by atoms with E-state index in [9.17, 15) is 0 Å². The zero-order valence-electron chi connectivity index (χ0n) is 11.8. The van der Waals surface area contributed by atoms with Gasteiger partial charge in [-0.2, -0.15) is 0 Å². The number of nitrogens with one attached hydrogen (secondary N) is 1. The molecule has 0 saturated carbocycles. The summed E-state index contributed by atoms with van der Waals surface area (Å²) in [5, 5.41) is 6.98. The van der Waals surface area contributed by atoms with Crippen molar-refractivity contribution in [2.24, 2.45) is 5.92 Å². The van der Waals surface area contributed by atoms with E-state index in [1.807, 2.05) is 0 Å². The summed E-state index contributed by atoms with van der Waals surface area (Å²) in [6.45, 7) is 10.1. The smallest absolute Gasteiger partial charge is 0.185 e. The lowest BCUT2D eigenvalue weighted by Crippen LogP contribution is -2.41. The first-order chi connectivity index (χ1) is 8.69. The molecule has 1 aliphatic heterocycles. The van der Waals surface area contributed by atoms with Gasteiger partial charge in [0.25, 0.3) is 0 Å². The van der Waals surface area contributed by atoms with Crippen molar-refractivity contribution in [2.45, 2.75) is 46.1 Å². The number of aryl methyl sites for hydroxylation is 1. The number of hydrogen-bond acceptors (Lipinski definition) is 4. The van der Waals surface area contributed by atoms with Crippen LogP contribution in [-0.2, 0) is 6.42 Å². The third kappa shape index (κ3) is 3.69. The van der Waals surface area contributed by atoms with Crippen molar-refractivity contribution in [3.8, 4) is 0 Å². The molecule has 2 rings (SSSR count). The number of hydrogen-bond donors (Lipinski definition) is 1. The molecule has 4 heteroatoms. The third-order valence-corrected chi connectivity index (χ3v) is 4.46. The molecular weight excluding hydrogens is 242 g/mol. The fourth-order valence-electron chi connectivity index (χ4n) is 2.41. The molecule has 1 fully saturated rings. The van der Waals surface area contributed by atoms with Gasteiger partial charge in [0.2, 0.25) is 0 Å². The third-order valence-electron chi connectivity index (χ3n) is 3.51. The fourth-order valence-corrected chi connectivity index (χ4v) is 3.36. The number of anilines is 1. The molecule has 102 valence electrons. The van der Waals surface area contributed by atoms with E-state index in [1.54, 1.807) is 11.3 Å². The summed E-state index contributed by atoms with van der Waals surface area (Å²) in [4.78, 5) is 7.18. The Balaban J connectivity index is 1.89. The van der Waals surface area contributed by atoms with Crippen LogP contribution in [0.4, 0.5) is 5.13 Å². The molecule has 18 heavy (non-hydrogen) atoms. The Morgan fingerprint density at radius 3 is 3.06 bits per heavy atom. The SMILES string of the molecule is CCc1csc(N2CCCC(CNC(C)C)C2)n1. The zero-order chi connectivity index (χ0) is 13.0. The molecule has 1 aliphatic rings. The van der Waals surface area contributed by atoms with Crippen LogP contribution in [0, 0.1) is 5.92 Å². The van der Waals surface area contributed by atoms with E-state index < -0.39 is 0 Å². The van der Waals surface area contributed by atoms with Crippen LogP contribution in [0.25, 0.3) is 0 Å². The lowest BCUT2D eigenvalue weighted by atomic mass is 9.98. The maximum atomic E-state index is 4.71. The minimum atomic E-state index is 0.590. The van der Waals surface area contributed by atoms with Gasteiger partial charge in [0, 0.05) is 24.5 Å². The molecule has 1 unspecified atom stereocenters. The van der Waals surface area contributed by atoms with Crippen molar-refractivity contribution in [3.05, 3.63) is 11.1 Å². The van der Waals surface area contributed by atoms with Crippen LogP contribution in [0.5, 0.6) is 0 Å². The average Bonchev–Trinajstić information content (AvgIpc) is 2.85. The Kier molecular flexibility index (Phi) is 5.01. The van der Waals surface area contributed by atoms with Gasteiger partial charge in [-0.15, -0.1) is 11.3 Å². The van der Waals surface area contributed by atoms with E-state index in [-0.39, 0.29) is 0 Å². The van der Waals surface area contributed by atoms with Crippen LogP contribution in [0.15, 0.2) is 5.38 Å². The summed E-state index contributed by atoms with van der Waals surface area (Å²) in [5.74, 6) is 0.773. The van der Waals surface area contributed by atoms with Gasteiger partial charge in [-0.3, -0.25) is 0 Å².